The van der Waals surface area contributed by atoms with Gasteiger partial charge < -0.3 is 19.4 Å². The van der Waals surface area contributed by atoms with Crippen LogP contribution in [0.1, 0.15) is 13.8 Å². The number of piperazine rings is 1. The molecule has 2 aromatic heterocycles. The van der Waals surface area contributed by atoms with Crippen molar-refractivity contribution in [2.24, 2.45) is 0 Å². The van der Waals surface area contributed by atoms with Crippen LogP contribution in [0.4, 0.5) is 11.4 Å². The average molecular weight is 449 g/mol. The van der Waals surface area contributed by atoms with Gasteiger partial charge in [-0.2, -0.15) is 0 Å². The molecule has 2 N–H and O–H groups in total. The lowest BCUT2D eigenvalue weighted by atomic mass is 10.1. The van der Waals surface area contributed by atoms with E-state index < -0.39 is 10.0 Å². The molecule has 8 nitrogen and oxygen atoms in total. The van der Waals surface area contributed by atoms with Gasteiger partial charge in [0.15, 0.2) is 12.2 Å². The van der Waals surface area contributed by atoms with Gasteiger partial charge in [-0.3, -0.25) is 4.72 Å². The maximum atomic E-state index is 12.9. The van der Waals surface area contributed by atoms with Crippen molar-refractivity contribution in [2.45, 2.75) is 30.1 Å². The Labute approximate surface area is 179 Å². The predicted octanol–water partition coefficient (Wildman–Crippen LogP) is 3.40. The SMILES string of the molecule is COc1ccc(NS(=O)(=O)c2ccc(-c3cnco3)s2)cc1N1C[C@@H](C)N[C@@H](C)C1. The molecule has 1 fully saturated rings. The van der Waals surface area contributed by atoms with Crippen LogP contribution in [0.15, 0.2) is 51.5 Å². The maximum Gasteiger partial charge on any atom is 0.271 e. The molecular weight excluding hydrogens is 424 g/mol. The van der Waals surface area contributed by atoms with Crippen LogP contribution >= 0.6 is 11.3 Å². The summed E-state index contributed by atoms with van der Waals surface area (Å²) in [6, 6.07) is 9.24. The molecular formula is C20H24N4O4S2. The molecule has 1 aliphatic rings. The van der Waals surface area contributed by atoms with Gasteiger partial charge in [-0.1, -0.05) is 0 Å². The Bertz CT molecular complexity index is 1100. The number of ether oxygens (including phenoxy) is 1. The zero-order valence-corrected chi connectivity index (χ0v) is 18.6. The lowest BCUT2D eigenvalue weighted by Crippen LogP contribution is -2.54. The Morgan fingerprint density at radius 1 is 1.23 bits per heavy atom. The van der Waals surface area contributed by atoms with E-state index in [4.69, 9.17) is 9.15 Å². The molecule has 160 valence electrons. The first-order chi connectivity index (χ1) is 14.4. The van der Waals surface area contributed by atoms with Crippen molar-refractivity contribution in [3.8, 4) is 16.4 Å². The molecule has 1 saturated heterocycles. The smallest absolute Gasteiger partial charge is 0.271 e. The molecule has 30 heavy (non-hydrogen) atoms. The van der Waals surface area contributed by atoms with Crippen LogP contribution in [-0.2, 0) is 10.0 Å². The van der Waals surface area contributed by atoms with Crippen molar-refractivity contribution in [2.75, 3.05) is 29.8 Å². The molecule has 0 unspecified atom stereocenters. The second kappa shape index (κ2) is 8.29. The number of anilines is 2. The number of nitrogens with one attached hydrogen (secondary N) is 2. The summed E-state index contributed by atoms with van der Waals surface area (Å²) in [5, 5.41) is 3.50. The second-order valence-corrected chi connectivity index (χ2v) is 10.3. The van der Waals surface area contributed by atoms with E-state index in [1.807, 2.05) is 6.07 Å². The largest absolute Gasteiger partial charge is 0.495 e. The van der Waals surface area contributed by atoms with E-state index >= 15 is 0 Å². The molecule has 0 saturated carbocycles. The highest BCUT2D eigenvalue weighted by atomic mass is 32.2. The number of rotatable bonds is 6. The summed E-state index contributed by atoms with van der Waals surface area (Å²) in [6.07, 6.45) is 2.87. The Balaban J connectivity index is 1.60. The van der Waals surface area contributed by atoms with Crippen LogP contribution in [0.2, 0.25) is 0 Å². The molecule has 2 atom stereocenters. The van der Waals surface area contributed by atoms with E-state index in [9.17, 15) is 8.42 Å². The summed E-state index contributed by atoms with van der Waals surface area (Å²) >= 11 is 1.13. The van der Waals surface area contributed by atoms with E-state index in [0.29, 0.717) is 34.2 Å². The molecule has 0 radical (unpaired) electrons. The highest BCUT2D eigenvalue weighted by Gasteiger charge is 2.25. The summed E-state index contributed by atoms with van der Waals surface area (Å²) in [4.78, 5) is 6.79. The molecule has 0 amide bonds. The van der Waals surface area contributed by atoms with Crippen molar-refractivity contribution < 1.29 is 17.6 Å². The van der Waals surface area contributed by atoms with Crippen molar-refractivity contribution in [1.82, 2.24) is 10.3 Å². The summed E-state index contributed by atoms with van der Waals surface area (Å²) in [5.74, 6) is 1.25. The average Bonchev–Trinajstić information content (AvgIpc) is 3.39. The highest BCUT2D eigenvalue weighted by Crippen LogP contribution is 2.35. The van der Waals surface area contributed by atoms with Gasteiger partial charge in [-0.05, 0) is 44.2 Å². The molecule has 10 heteroatoms. The van der Waals surface area contributed by atoms with E-state index in [-0.39, 0.29) is 4.21 Å². The topological polar surface area (TPSA) is 96.7 Å². The van der Waals surface area contributed by atoms with Crippen LogP contribution in [0, 0.1) is 0 Å². The van der Waals surface area contributed by atoms with Crippen molar-refractivity contribution in [1.29, 1.82) is 0 Å². The Kier molecular flexibility index (Phi) is 5.72. The number of thiophene rings is 1. The summed E-state index contributed by atoms with van der Waals surface area (Å²) < 4.78 is 39.5. The fourth-order valence-electron chi connectivity index (χ4n) is 3.66. The third-order valence-corrected chi connectivity index (χ3v) is 7.82. The Hall–Kier alpha value is -2.56. The molecule has 0 spiro atoms. The molecule has 1 aliphatic heterocycles. The fraction of sp³-hybridized carbons (Fsp3) is 0.350. The normalized spacial score (nSPS) is 19.6. The third-order valence-electron chi connectivity index (χ3n) is 4.85. The zero-order chi connectivity index (χ0) is 21.3. The summed E-state index contributed by atoms with van der Waals surface area (Å²) in [5.41, 5.74) is 1.35. The van der Waals surface area contributed by atoms with Gasteiger partial charge in [0.1, 0.15) is 9.96 Å². The van der Waals surface area contributed by atoms with Crippen molar-refractivity contribution in [3.63, 3.8) is 0 Å². The molecule has 0 aliphatic carbocycles. The predicted molar refractivity (Wildman–Crippen MR) is 118 cm³/mol. The monoisotopic (exact) mass is 448 g/mol. The van der Waals surface area contributed by atoms with Crippen molar-refractivity contribution >= 4 is 32.7 Å². The van der Waals surface area contributed by atoms with Crippen molar-refractivity contribution in [3.05, 3.63) is 42.9 Å². The van der Waals surface area contributed by atoms with E-state index in [1.165, 1.54) is 6.39 Å². The number of oxazole rings is 1. The zero-order valence-electron chi connectivity index (χ0n) is 17.0. The molecule has 1 aromatic carbocycles. The minimum absolute atomic E-state index is 0.204. The number of benzene rings is 1. The third kappa shape index (κ3) is 4.30. The highest BCUT2D eigenvalue weighted by molar-refractivity contribution is 7.94. The standard InChI is InChI=1S/C20H24N4O4S2/c1-13-10-24(11-14(2)22-13)16-8-15(4-5-17(16)27-3)23-30(25,26)20-7-6-19(29-20)18-9-21-12-28-18/h4-9,12-14,22-23H,10-11H2,1-3H3/t13-,14+. The molecule has 3 aromatic rings. The Morgan fingerprint density at radius 3 is 2.67 bits per heavy atom. The van der Waals surface area contributed by atoms with E-state index in [1.54, 1.807) is 37.6 Å². The van der Waals surface area contributed by atoms with Gasteiger partial charge in [0, 0.05) is 25.2 Å². The molecule has 3 heterocycles. The maximum absolute atomic E-state index is 12.9. The first kappa shape index (κ1) is 20.7. The Morgan fingerprint density at radius 2 is 2.00 bits per heavy atom. The van der Waals surface area contributed by atoms with E-state index in [2.05, 4.69) is 33.8 Å². The number of hydrogen-bond donors (Lipinski definition) is 2. The number of sulfonamides is 1. The van der Waals surface area contributed by atoms with Gasteiger partial charge in [0.05, 0.1) is 29.6 Å². The fourth-order valence-corrected chi connectivity index (χ4v) is 5.97. The van der Waals surface area contributed by atoms with Crippen LogP contribution in [0.25, 0.3) is 10.6 Å². The number of methoxy groups -OCH3 is 1. The van der Waals surface area contributed by atoms with Crippen LogP contribution < -0.4 is 19.7 Å². The summed E-state index contributed by atoms with van der Waals surface area (Å²) in [6.45, 7) is 5.87. The van der Waals surface area contributed by atoms with Gasteiger partial charge in [-0.25, -0.2) is 13.4 Å². The lowest BCUT2D eigenvalue weighted by molar-refractivity contribution is 0.391. The first-order valence-electron chi connectivity index (χ1n) is 9.56. The van der Waals surface area contributed by atoms with E-state index in [0.717, 1.165) is 30.1 Å². The minimum Gasteiger partial charge on any atom is -0.495 e. The molecule has 0 bridgehead atoms. The van der Waals surface area contributed by atoms with Gasteiger partial charge in [-0.15, -0.1) is 11.3 Å². The first-order valence-corrected chi connectivity index (χ1v) is 11.9. The number of nitrogens with zero attached hydrogens (tertiary/aromatic N) is 2. The lowest BCUT2D eigenvalue weighted by Gasteiger charge is -2.38. The minimum atomic E-state index is -3.74. The second-order valence-electron chi connectivity index (χ2n) is 7.35. The number of aromatic nitrogens is 1. The van der Waals surface area contributed by atoms with Gasteiger partial charge >= 0.3 is 0 Å². The summed E-state index contributed by atoms with van der Waals surface area (Å²) in [7, 11) is -2.12. The van der Waals surface area contributed by atoms with Crippen LogP contribution in [0.5, 0.6) is 5.75 Å². The van der Waals surface area contributed by atoms with Gasteiger partial charge in [0.25, 0.3) is 10.0 Å². The van der Waals surface area contributed by atoms with Crippen LogP contribution in [-0.4, -0.2) is 45.7 Å². The van der Waals surface area contributed by atoms with Gasteiger partial charge in [0.2, 0.25) is 0 Å². The quantitative estimate of drug-likeness (QED) is 0.597. The molecule has 4 rings (SSSR count). The number of hydrogen-bond acceptors (Lipinski definition) is 8. The van der Waals surface area contributed by atoms with Crippen LogP contribution in [0.3, 0.4) is 0 Å².